The highest BCUT2D eigenvalue weighted by Gasteiger charge is 2.05. The van der Waals surface area contributed by atoms with E-state index in [4.69, 9.17) is 4.42 Å². The molecule has 0 aliphatic carbocycles. The molecule has 2 aromatic rings. The predicted molar refractivity (Wildman–Crippen MR) is 99.7 cm³/mol. The summed E-state index contributed by atoms with van der Waals surface area (Å²) < 4.78 is 5.17. The fraction of sp³-hybridized carbons (Fsp3) is 0.471. The van der Waals surface area contributed by atoms with Gasteiger partial charge in [-0.05, 0) is 25.5 Å². The first kappa shape index (κ1) is 19.0. The first-order chi connectivity index (χ1) is 12.2. The predicted octanol–water partition coefficient (Wildman–Crippen LogP) is 1.71. The molecule has 0 aliphatic rings. The quantitative estimate of drug-likeness (QED) is 0.466. The van der Waals surface area contributed by atoms with Gasteiger partial charge in [0.25, 0.3) is 0 Å². The van der Waals surface area contributed by atoms with E-state index in [1.165, 1.54) is 4.88 Å². The van der Waals surface area contributed by atoms with Gasteiger partial charge in [0.2, 0.25) is 5.91 Å². The zero-order valence-corrected chi connectivity index (χ0v) is 15.5. The van der Waals surface area contributed by atoms with Crippen LogP contribution in [0.5, 0.6) is 0 Å². The Hall–Kier alpha value is -2.35. The molecule has 136 valence electrons. The van der Waals surface area contributed by atoms with Crippen LogP contribution in [-0.2, 0) is 24.2 Å². The standard InChI is InChI=1S/C17H25N5O2S/c1-3-14-11-21-16(25-14)7-8-19-17(18-4-2)22-12-15(23)20-10-13-6-5-9-24-13/h5-6,9,11H,3-4,7-8,10,12H2,1-2H3,(H,20,23)(H2,18,19,22). The van der Waals surface area contributed by atoms with Crippen molar-refractivity contribution in [2.45, 2.75) is 33.2 Å². The molecule has 0 aromatic carbocycles. The van der Waals surface area contributed by atoms with E-state index in [0.29, 0.717) is 12.5 Å². The van der Waals surface area contributed by atoms with Crippen LogP contribution in [-0.4, -0.2) is 36.5 Å². The number of aryl methyl sites for hydroxylation is 1. The van der Waals surface area contributed by atoms with E-state index in [-0.39, 0.29) is 12.5 Å². The molecule has 0 unspecified atom stereocenters. The van der Waals surface area contributed by atoms with Gasteiger partial charge in [0.05, 0.1) is 17.8 Å². The molecule has 25 heavy (non-hydrogen) atoms. The van der Waals surface area contributed by atoms with Crippen LogP contribution in [0.4, 0.5) is 0 Å². The lowest BCUT2D eigenvalue weighted by molar-refractivity contribution is -0.119. The van der Waals surface area contributed by atoms with Crippen LogP contribution < -0.4 is 16.0 Å². The number of hydrogen-bond acceptors (Lipinski definition) is 5. The number of carbonyl (C=O) groups is 1. The van der Waals surface area contributed by atoms with Gasteiger partial charge in [-0.2, -0.15) is 0 Å². The molecule has 2 rings (SSSR count). The zero-order chi connectivity index (χ0) is 17.9. The minimum absolute atomic E-state index is 0.0628. The van der Waals surface area contributed by atoms with Crippen LogP contribution in [0.15, 0.2) is 34.0 Å². The number of aromatic nitrogens is 1. The molecule has 0 atom stereocenters. The number of rotatable bonds is 9. The van der Waals surface area contributed by atoms with Gasteiger partial charge in [0, 0.05) is 30.6 Å². The lowest BCUT2D eigenvalue weighted by Gasteiger charge is -2.10. The third-order valence-electron chi connectivity index (χ3n) is 3.35. The van der Waals surface area contributed by atoms with Gasteiger partial charge >= 0.3 is 0 Å². The lowest BCUT2D eigenvalue weighted by Crippen LogP contribution is -2.39. The molecule has 0 aliphatic heterocycles. The Labute approximate surface area is 151 Å². The van der Waals surface area contributed by atoms with Crippen molar-refractivity contribution in [3.05, 3.63) is 40.2 Å². The highest BCUT2D eigenvalue weighted by atomic mass is 32.1. The molecular weight excluding hydrogens is 338 g/mol. The minimum Gasteiger partial charge on any atom is -0.467 e. The molecular formula is C17H25N5O2S. The minimum atomic E-state index is -0.152. The summed E-state index contributed by atoms with van der Waals surface area (Å²) in [5.41, 5.74) is 0. The summed E-state index contributed by atoms with van der Waals surface area (Å²) in [6, 6.07) is 3.61. The van der Waals surface area contributed by atoms with E-state index in [2.05, 4.69) is 32.9 Å². The lowest BCUT2D eigenvalue weighted by atomic mass is 10.4. The van der Waals surface area contributed by atoms with Crippen molar-refractivity contribution < 1.29 is 9.21 Å². The Balaban J connectivity index is 1.73. The Kier molecular flexibility index (Phi) is 7.97. The number of carbonyl (C=O) groups excluding carboxylic acids is 1. The number of hydrogen-bond donors (Lipinski definition) is 3. The summed E-state index contributed by atoms with van der Waals surface area (Å²) in [6.45, 7) is 6.00. The number of nitrogens with zero attached hydrogens (tertiary/aromatic N) is 2. The van der Waals surface area contributed by atoms with Gasteiger partial charge in [0.1, 0.15) is 12.3 Å². The summed E-state index contributed by atoms with van der Waals surface area (Å²) in [6.07, 6.45) is 5.36. The third kappa shape index (κ3) is 6.96. The average molecular weight is 363 g/mol. The van der Waals surface area contributed by atoms with Crippen molar-refractivity contribution in [1.29, 1.82) is 0 Å². The topological polar surface area (TPSA) is 91.5 Å². The van der Waals surface area contributed by atoms with Crippen molar-refractivity contribution in [2.75, 3.05) is 19.6 Å². The molecule has 2 aromatic heterocycles. The molecule has 7 nitrogen and oxygen atoms in total. The maximum atomic E-state index is 11.9. The molecule has 3 N–H and O–H groups in total. The average Bonchev–Trinajstić information content (AvgIpc) is 3.29. The van der Waals surface area contributed by atoms with E-state index >= 15 is 0 Å². The summed E-state index contributed by atoms with van der Waals surface area (Å²) >= 11 is 1.74. The van der Waals surface area contributed by atoms with Crippen LogP contribution in [0.1, 0.15) is 29.5 Å². The smallest absolute Gasteiger partial charge is 0.242 e. The van der Waals surface area contributed by atoms with E-state index in [1.807, 2.05) is 19.2 Å². The highest BCUT2D eigenvalue weighted by Crippen LogP contribution is 2.13. The normalized spacial score (nSPS) is 11.4. The first-order valence-corrected chi connectivity index (χ1v) is 9.27. The van der Waals surface area contributed by atoms with Gasteiger partial charge in [-0.1, -0.05) is 6.92 Å². The summed E-state index contributed by atoms with van der Waals surface area (Å²) in [5.74, 6) is 1.20. The van der Waals surface area contributed by atoms with E-state index in [1.54, 1.807) is 23.7 Å². The maximum Gasteiger partial charge on any atom is 0.242 e. The van der Waals surface area contributed by atoms with Gasteiger partial charge in [-0.15, -0.1) is 11.3 Å². The van der Waals surface area contributed by atoms with Gasteiger partial charge in [0.15, 0.2) is 5.96 Å². The van der Waals surface area contributed by atoms with Crippen LogP contribution >= 0.6 is 11.3 Å². The SMILES string of the molecule is CCNC(=NCC(=O)NCc1ccco1)NCCc1ncc(CC)s1. The van der Waals surface area contributed by atoms with Crippen molar-refractivity contribution in [3.8, 4) is 0 Å². The highest BCUT2D eigenvalue weighted by molar-refractivity contribution is 7.11. The van der Waals surface area contributed by atoms with Crippen molar-refractivity contribution in [3.63, 3.8) is 0 Å². The van der Waals surface area contributed by atoms with Gasteiger partial charge in [-0.25, -0.2) is 9.98 Å². The second kappa shape index (κ2) is 10.5. The molecule has 1 amide bonds. The zero-order valence-electron chi connectivity index (χ0n) is 14.7. The van der Waals surface area contributed by atoms with Crippen molar-refractivity contribution >= 4 is 23.2 Å². The summed E-state index contributed by atoms with van der Waals surface area (Å²) in [4.78, 5) is 21.8. The number of aliphatic imine (C=N–C) groups is 1. The van der Waals surface area contributed by atoms with E-state index < -0.39 is 0 Å². The number of amides is 1. The molecule has 0 radical (unpaired) electrons. The first-order valence-electron chi connectivity index (χ1n) is 8.46. The number of furan rings is 1. The molecule has 0 saturated heterocycles. The molecule has 0 bridgehead atoms. The van der Waals surface area contributed by atoms with Crippen LogP contribution in [0.25, 0.3) is 0 Å². The Morgan fingerprint density at radius 3 is 2.88 bits per heavy atom. The van der Waals surface area contributed by atoms with Gasteiger partial charge < -0.3 is 20.4 Å². The number of thiazole rings is 1. The van der Waals surface area contributed by atoms with Crippen molar-refractivity contribution in [2.24, 2.45) is 4.99 Å². The molecule has 0 fully saturated rings. The second-order valence-corrected chi connectivity index (χ2v) is 6.50. The van der Waals surface area contributed by atoms with Crippen molar-refractivity contribution in [1.82, 2.24) is 20.9 Å². The maximum absolute atomic E-state index is 11.9. The number of guanidine groups is 1. The monoisotopic (exact) mass is 363 g/mol. The molecule has 2 heterocycles. The van der Waals surface area contributed by atoms with Crippen LogP contribution in [0, 0.1) is 0 Å². The van der Waals surface area contributed by atoms with E-state index in [9.17, 15) is 4.79 Å². The Bertz CT molecular complexity index is 666. The molecule has 8 heteroatoms. The second-order valence-electron chi connectivity index (χ2n) is 5.30. The van der Waals surface area contributed by atoms with E-state index in [0.717, 1.165) is 36.7 Å². The largest absolute Gasteiger partial charge is 0.467 e. The number of nitrogens with one attached hydrogen (secondary N) is 3. The fourth-order valence-electron chi connectivity index (χ4n) is 2.06. The summed E-state index contributed by atoms with van der Waals surface area (Å²) in [7, 11) is 0. The van der Waals surface area contributed by atoms with Gasteiger partial charge in [-0.3, -0.25) is 4.79 Å². The third-order valence-corrected chi connectivity index (χ3v) is 4.55. The fourth-order valence-corrected chi connectivity index (χ4v) is 2.92. The summed E-state index contributed by atoms with van der Waals surface area (Å²) in [5, 5.41) is 10.2. The Morgan fingerprint density at radius 2 is 2.20 bits per heavy atom. The van der Waals surface area contributed by atoms with Crippen LogP contribution in [0.3, 0.4) is 0 Å². The Morgan fingerprint density at radius 1 is 1.32 bits per heavy atom. The molecule has 0 saturated carbocycles. The molecule has 0 spiro atoms. The van der Waals surface area contributed by atoms with Crippen LogP contribution in [0.2, 0.25) is 0 Å².